The van der Waals surface area contributed by atoms with Crippen LogP contribution in [0.5, 0.6) is 23.0 Å². The molecule has 3 aliphatic rings. The van der Waals surface area contributed by atoms with E-state index >= 15 is 0 Å². The summed E-state index contributed by atoms with van der Waals surface area (Å²) in [7, 11) is 0. The second-order valence-corrected chi connectivity index (χ2v) is 6.40. The van der Waals surface area contributed by atoms with Gasteiger partial charge in [0.05, 0.1) is 6.04 Å². The zero-order valence-electron chi connectivity index (χ0n) is 13.8. The minimum absolute atomic E-state index is 0.00545. The Morgan fingerprint density at radius 2 is 1.64 bits per heavy atom. The van der Waals surface area contributed by atoms with E-state index in [0.717, 1.165) is 23.5 Å². The van der Waals surface area contributed by atoms with Crippen molar-refractivity contribution in [1.29, 1.82) is 0 Å². The number of benzene rings is 2. The average molecular weight is 339 g/mol. The maximum absolute atomic E-state index is 13.0. The largest absolute Gasteiger partial charge is 0.454 e. The van der Waals surface area contributed by atoms with Crippen molar-refractivity contribution in [1.82, 2.24) is 4.90 Å². The van der Waals surface area contributed by atoms with E-state index in [0.29, 0.717) is 23.6 Å². The van der Waals surface area contributed by atoms with Crippen LogP contribution >= 0.6 is 0 Å². The first-order valence-corrected chi connectivity index (χ1v) is 8.34. The molecule has 0 N–H and O–H groups in total. The molecule has 0 saturated heterocycles. The standard InChI is InChI=1S/C19H17NO5/c1-11-14-8-18-17(24-10-25-18)6-12(14)4-5-20(11)19(21)13-2-3-15-16(7-13)23-9-22-15/h2-3,6-8,11H,4-5,9-10H2,1H3. The summed E-state index contributed by atoms with van der Waals surface area (Å²) in [6, 6.07) is 9.34. The van der Waals surface area contributed by atoms with Gasteiger partial charge in [0.2, 0.25) is 13.6 Å². The molecule has 2 aromatic rings. The van der Waals surface area contributed by atoms with Crippen LogP contribution in [-0.2, 0) is 6.42 Å². The average Bonchev–Trinajstić information content (AvgIpc) is 3.28. The van der Waals surface area contributed by atoms with Crippen molar-refractivity contribution < 1.29 is 23.7 Å². The fourth-order valence-corrected chi connectivity index (χ4v) is 3.68. The van der Waals surface area contributed by atoms with Gasteiger partial charge in [-0.1, -0.05) is 0 Å². The number of fused-ring (bicyclic) bond motifs is 3. The molecule has 2 aromatic carbocycles. The van der Waals surface area contributed by atoms with E-state index in [1.165, 1.54) is 5.56 Å². The van der Waals surface area contributed by atoms with Gasteiger partial charge in [-0.15, -0.1) is 0 Å². The van der Waals surface area contributed by atoms with Crippen LogP contribution in [-0.4, -0.2) is 30.9 Å². The third-order valence-corrected chi connectivity index (χ3v) is 5.05. The van der Waals surface area contributed by atoms with E-state index in [1.807, 2.05) is 24.0 Å². The number of amides is 1. The molecule has 5 rings (SSSR count). The lowest BCUT2D eigenvalue weighted by Crippen LogP contribution is -2.38. The van der Waals surface area contributed by atoms with Gasteiger partial charge in [-0.3, -0.25) is 4.79 Å². The minimum atomic E-state index is -0.0313. The molecule has 0 fully saturated rings. The van der Waals surface area contributed by atoms with Crippen molar-refractivity contribution in [3.63, 3.8) is 0 Å². The molecule has 6 heteroatoms. The predicted octanol–water partition coefficient (Wildman–Crippen LogP) is 2.90. The smallest absolute Gasteiger partial charge is 0.254 e. The van der Waals surface area contributed by atoms with Gasteiger partial charge in [-0.05, 0) is 54.8 Å². The number of carbonyl (C=O) groups excluding carboxylic acids is 1. The van der Waals surface area contributed by atoms with Gasteiger partial charge in [0.15, 0.2) is 23.0 Å². The van der Waals surface area contributed by atoms with Gasteiger partial charge in [-0.2, -0.15) is 0 Å². The highest BCUT2D eigenvalue weighted by Gasteiger charge is 2.31. The number of hydrogen-bond donors (Lipinski definition) is 0. The third kappa shape index (κ3) is 2.21. The highest BCUT2D eigenvalue weighted by molar-refractivity contribution is 5.95. The van der Waals surface area contributed by atoms with E-state index in [-0.39, 0.29) is 25.5 Å². The van der Waals surface area contributed by atoms with Gasteiger partial charge in [-0.25, -0.2) is 0 Å². The third-order valence-electron chi connectivity index (χ3n) is 5.05. The molecule has 0 spiro atoms. The van der Waals surface area contributed by atoms with Gasteiger partial charge in [0, 0.05) is 12.1 Å². The van der Waals surface area contributed by atoms with Gasteiger partial charge in [0.1, 0.15) is 0 Å². The number of carbonyl (C=O) groups is 1. The summed E-state index contributed by atoms with van der Waals surface area (Å²) in [6.45, 7) is 3.17. The molecule has 0 aromatic heterocycles. The van der Waals surface area contributed by atoms with E-state index in [9.17, 15) is 4.79 Å². The Kier molecular flexibility index (Phi) is 3.07. The molecule has 128 valence electrons. The SMILES string of the molecule is CC1c2cc3c(cc2CCN1C(=O)c1ccc2c(c1)OCO2)OCO3. The first-order chi connectivity index (χ1) is 12.2. The molecule has 1 atom stereocenters. The minimum Gasteiger partial charge on any atom is -0.454 e. The summed E-state index contributed by atoms with van der Waals surface area (Å²) >= 11 is 0. The molecule has 0 saturated carbocycles. The second-order valence-electron chi connectivity index (χ2n) is 6.40. The van der Waals surface area contributed by atoms with Crippen LogP contribution in [0.2, 0.25) is 0 Å². The molecule has 25 heavy (non-hydrogen) atoms. The highest BCUT2D eigenvalue weighted by atomic mass is 16.7. The first kappa shape index (κ1) is 14.5. The first-order valence-electron chi connectivity index (χ1n) is 8.34. The van der Waals surface area contributed by atoms with Crippen molar-refractivity contribution in [2.45, 2.75) is 19.4 Å². The Labute approximate surface area is 144 Å². The van der Waals surface area contributed by atoms with E-state index in [2.05, 4.69) is 0 Å². The molecule has 0 aliphatic carbocycles. The Morgan fingerprint density at radius 3 is 2.44 bits per heavy atom. The molecule has 0 radical (unpaired) electrons. The molecule has 3 heterocycles. The van der Waals surface area contributed by atoms with Crippen LogP contribution in [0.1, 0.15) is 34.5 Å². The molecular weight excluding hydrogens is 322 g/mol. The van der Waals surface area contributed by atoms with Gasteiger partial charge >= 0.3 is 0 Å². The van der Waals surface area contributed by atoms with Crippen molar-refractivity contribution in [3.8, 4) is 23.0 Å². The highest BCUT2D eigenvalue weighted by Crippen LogP contribution is 2.41. The molecule has 6 nitrogen and oxygen atoms in total. The lowest BCUT2D eigenvalue weighted by atomic mass is 9.92. The molecule has 3 aliphatic heterocycles. The topological polar surface area (TPSA) is 57.2 Å². The van der Waals surface area contributed by atoms with Gasteiger partial charge in [0.25, 0.3) is 5.91 Å². The lowest BCUT2D eigenvalue weighted by Gasteiger charge is -2.35. The summed E-state index contributed by atoms with van der Waals surface area (Å²) in [6.07, 6.45) is 0.798. The number of hydrogen-bond acceptors (Lipinski definition) is 5. The molecule has 1 amide bonds. The fraction of sp³-hybridized carbons (Fsp3) is 0.316. The summed E-state index contributed by atoms with van der Waals surface area (Å²) in [5, 5.41) is 0. The van der Waals surface area contributed by atoms with Crippen LogP contribution in [0.25, 0.3) is 0 Å². The van der Waals surface area contributed by atoms with E-state index in [1.54, 1.807) is 18.2 Å². The van der Waals surface area contributed by atoms with Crippen molar-refractivity contribution in [2.75, 3.05) is 20.1 Å². The van der Waals surface area contributed by atoms with E-state index < -0.39 is 0 Å². The summed E-state index contributed by atoms with van der Waals surface area (Å²) < 4.78 is 21.6. The normalized spacial score (nSPS) is 19.7. The second kappa shape index (κ2) is 5.31. The summed E-state index contributed by atoms with van der Waals surface area (Å²) in [5.74, 6) is 2.85. The quantitative estimate of drug-likeness (QED) is 0.800. The van der Waals surface area contributed by atoms with Crippen molar-refractivity contribution in [2.24, 2.45) is 0 Å². The Hall–Kier alpha value is -2.89. The van der Waals surface area contributed by atoms with Crippen molar-refractivity contribution >= 4 is 5.91 Å². The van der Waals surface area contributed by atoms with Crippen LogP contribution in [0.4, 0.5) is 0 Å². The fourth-order valence-electron chi connectivity index (χ4n) is 3.68. The van der Waals surface area contributed by atoms with Crippen LogP contribution in [0.3, 0.4) is 0 Å². The maximum atomic E-state index is 13.0. The zero-order valence-corrected chi connectivity index (χ0v) is 13.8. The van der Waals surface area contributed by atoms with Crippen LogP contribution in [0, 0.1) is 0 Å². The summed E-state index contributed by atoms with van der Waals surface area (Å²) in [4.78, 5) is 14.9. The Balaban J connectivity index is 1.46. The molecular formula is C19H17NO5. The predicted molar refractivity (Wildman–Crippen MR) is 88.3 cm³/mol. The Morgan fingerprint density at radius 1 is 0.960 bits per heavy atom. The number of nitrogens with zero attached hydrogens (tertiary/aromatic N) is 1. The molecule has 1 unspecified atom stereocenters. The zero-order chi connectivity index (χ0) is 17.0. The number of rotatable bonds is 1. The van der Waals surface area contributed by atoms with Crippen LogP contribution < -0.4 is 18.9 Å². The van der Waals surface area contributed by atoms with Crippen LogP contribution in [0.15, 0.2) is 30.3 Å². The Bertz CT molecular complexity index is 878. The van der Waals surface area contributed by atoms with Crippen molar-refractivity contribution in [3.05, 3.63) is 47.0 Å². The van der Waals surface area contributed by atoms with E-state index in [4.69, 9.17) is 18.9 Å². The van der Waals surface area contributed by atoms with Gasteiger partial charge < -0.3 is 23.8 Å². The molecule has 0 bridgehead atoms. The lowest BCUT2D eigenvalue weighted by molar-refractivity contribution is 0.0677. The maximum Gasteiger partial charge on any atom is 0.254 e. The number of ether oxygens (including phenoxy) is 4. The monoisotopic (exact) mass is 339 g/mol. The summed E-state index contributed by atoms with van der Waals surface area (Å²) in [5.41, 5.74) is 2.94.